The highest BCUT2D eigenvalue weighted by Crippen LogP contribution is 2.15. The molecule has 1 saturated carbocycles. The van der Waals surface area contributed by atoms with E-state index in [2.05, 4.69) is 26.7 Å². The molecule has 0 N–H and O–H groups in total. The Bertz CT molecular complexity index is 138. The van der Waals surface area contributed by atoms with Crippen molar-refractivity contribution in [2.24, 2.45) is 0 Å². The van der Waals surface area contributed by atoms with Gasteiger partial charge in [-0.15, -0.1) is 13.2 Å². The highest BCUT2D eigenvalue weighted by Gasteiger charge is 1.95. The van der Waals surface area contributed by atoms with Crippen LogP contribution in [0.5, 0.6) is 0 Å². The highest BCUT2D eigenvalue weighted by atomic mass is 14.0. The smallest absolute Gasteiger partial charge is 0.0313 e. The second-order valence-electron chi connectivity index (χ2n) is 3.63. The first-order valence-electron chi connectivity index (χ1n) is 8.11. The quantitative estimate of drug-likeness (QED) is 0.353. The van der Waals surface area contributed by atoms with Gasteiger partial charge in [0.05, 0.1) is 0 Å². The molecule has 1 rings (SSSR count). The van der Waals surface area contributed by atoms with Gasteiger partial charge in [0.15, 0.2) is 0 Å². The normalized spacial score (nSPS) is 11.5. The van der Waals surface area contributed by atoms with Crippen LogP contribution < -0.4 is 0 Å². The maximum atomic E-state index is 3.78. The molecule has 0 unspecified atom stereocenters. The summed E-state index contributed by atoms with van der Waals surface area (Å²) in [7, 11) is 0. The predicted molar refractivity (Wildman–Crippen MR) is 103 cm³/mol. The van der Waals surface area contributed by atoms with Gasteiger partial charge in [-0.05, 0) is 13.3 Å². The zero-order chi connectivity index (χ0) is 15.9. The van der Waals surface area contributed by atoms with Crippen LogP contribution in [-0.2, 0) is 0 Å². The Morgan fingerprint density at radius 3 is 1.20 bits per heavy atom. The third-order valence-electron chi connectivity index (χ3n) is 2.36. The first-order chi connectivity index (χ1) is 9.31. The molecule has 0 aromatic carbocycles. The maximum Gasteiger partial charge on any atom is -0.0313 e. The average Bonchev–Trinajstić information content (AvgIpc) is 2.55. The van der Waals surface area contributed by atoms with Crippen LogP contribution in [0, 0.1) is 0 Å². The van der Waals surface area contributed by atoms with E-state index >= 15 is 0 Å². The molecule has 20 heavy (non-hydrogen) atoms. The predicted octanol–water partition coefficient (Wildman–Crippen LogP) is 8.36. The molecular weight excluding hydrogens is 240 g/mol. The van der Waals surface area contributed by atoms with Crippen LogP contribution in [0.15, 0.2) is 37.5 Å². The van der Waals surface area contributed by atoms with Gasteiger partial charge in [0.1, 0.15) is 0 Å². The fourth-order valence-corrected chi connectivity index (χ4v) is 1.41. The maximum absolute atomic E-state index is 3.78. The van der Waals surface area contributed by atoms with Gasteiger partial charge in [0.25, 0.3) is 0 Å². The van der Waals surface area contributed by atoms with E-state index in [4.69, 9.17) is 0 Å². The Hall–Kier alpha value is -0.780. The number of rotatable bonds is 2. The Labute approximate surface area is 132 Å². The molecule has 1 fully saturated rings. The Morgan fingerprint density at radius 2 is 1.10 bits per heavy atom. The molecule has 0 radical (unpaired) electrons. The van der Waals surface area contributed by atoms with Crippen LogP contribution in [0.4, 0.5) is 0 Å². The highest BCUT2D eigenvalue weighted by molar-refractivity contribution is 5.12. The molecule has 124 valence electrons. The fourth-order valence-electron chi connectivity index (χ4n) is 1.41. The summed E-state index contributed by atoms with van der Waals surface area (Å²) in [5.74, 6) is 0. The lowest BCUT2D eigenvalue weighted by atomic mass is 10.0. The van der Waals surface area contributed by atoms with Crippen LogP contribution in [0.1, 0.15) is 93.9 Å². The number of allylic oxidation sites excluding steroid dienone is 3. The molecule has 0 bridgehead atoms. The van der Waals surface area contributed by atoms with Crippen molar-refractivity contribution in [1.29, 1.82) is 0 Å². The zero-order valence-corrected chi connectivity index (χ0v) is 14.7. The number of hydrogen-bond donors (Lipinski definition) is 0. The molecule has 0 atom stereocenters. The third kappa shape index (κ3) is 43.4. The van der Waals surface area contributed by atoms with Gasteiger partial charge >= 0.3 is 0 Å². The van der Waals surface area contributed by atoms with E-state index in [0.29, 0.717) is 0 Å². The van der Waals surface area contributed by atoms with Crippen LogP contribution in [0.25, 0.3) is 0 Å². The van der Waals surface area contributed by atoms with Crippen molar-refractivity contribution in [2.45, 2.75) is 93.9 Å². The Morgan fingerprint density at radius 1 is 0.850 bits per heavy atom. The molecule has 0 aromatic rings. The second-order valence-corrected chi connectivity index (χ2v) is 3.63. The van der Waals surface area contributed by atoms with E-state index in [-0.39, 0.29) is 7.43 Å². The van der Waals surface area contributed by atoms with Gasteiger partial charge in [-0.25, -0.2) is 0 Å². The summed E-state index contributed by atoms with van der Waals surface area (Å²) in [6.45, 7) is 21.9. The van der Waals surface area contributed by atoms with Gasteiger partial charge in [0.2, 0.25) is 0 Å². The zero-order valence-electron chi connectivity index (χ0n) is 14.7. The average molecular weight is 285 g/mol. The fraction of sp³-hybridized carbons (Fsp3) is 0.700. The molecule has 0 heterocycles. The Kier molecular flexibility index (Phi) is 67.7. The molecule has 1 aliphatic rings. The van der Waals surface area contributed by atoms with Crippen molar-refractivity contribution in [2.75, 3.05) is 0 Å². The van der Waals surface area contributed by atoms with Crippen LogP contribution in [0.2, 0.25) is 0 Å². The van der Waals surface area contributed by atoms with Crippen molar-refractivity contribution < 1.29 is 0 Å². The minimum atomic E-state index is 0. The van der Waals surface area contributed by atoms with Gasteiger partial charge in [-0.3, -0.25) is 0 Å². The van der Waals surface area contributed by atoms with Crippen molar-refractivity contribution in [3.63, 3.8) is 0 Å². The van der Waals surface area contributed by atoms with Crippen molar-refractivity contribution in [3.8, 4) is 0 Å². The summed E-state index contributed by atoms with van der Waals surface area (Å²) in [6.07, 6.45) is 14.1. The van der Waals surface area contributed by atoms with Crippen LogP contribution >= 0.6 is 0 Å². The molecule has 0 aliphatic heterocycles. The van der Waals surface area contributed by atoms with Crippen LogP contribution in [0.3, 0.4) is 0 Å². The van der Waals surface area contributed by atoms with E-state index in [9.17, 15) is 0 Å². The minimum Gasteiger partial charge on any atom is -0.106 e. The first-order valence-corrected chi connectivity index (χ1v) is 8.11. The van der Waals surface area contributed by atoms with E-state index in [0.717, 1.165) is 6.42 Å². The van der Waals surface area contributed by atoms with Crippen molar-refractivity contribution >= 4 is 0 Å². The van der Waals surface area contributed by atoms with E-state index in [1.165, 1.54) is 44.1 Å². The van der Waals surface area contributed by atoms with Gasteiger partial charge < -0.3 is 0 Å². The molecule has 0 amide bonds. The van der Waals surface area contributed by atoms with E-state index in [1.54, 1.807) is 0 Å². The summed E-state index contributed by atoms with van der Waals surface area (Å²) in [5.41, 5.74) is 1.20. The summed E-state index contributed by atoms with van der Waals surface area (Å²) in [5, 5.41) is 0. The largest absolute Gasteiger partial charge is 0.106 e. The molecule has 1 aliphatic carbocycles. The molecule has 0 saturated heterocycles. The molecule has 0 spiro atoms. The van der Waals surface area contributed by atoms with E-state index in [1.807, 2.05) is 46.8 Å². The van der Waals surface area contributed by atoms with Crippen LogP contribution in [-0.4, -0.2) is 0 Å². The van der Waals surface area contributed by atoms with Crippen molar-refractivity contribution in [1.82, 2.24) is 0 Å². The van der Waals surface area contributed by atoms with Crippen molar-refractivity contribution in [3.05, 3.63) is 37.5 Å². The van der Waals surface area contributed by atoms with Gasteiger partial charge in [0, 0.05) is 0 Å². The van der Waals surface area contributed by atoms with E-state index < -0.39 is 0 Å². The minimum absolute atomic E-state index is 0. The summed E-state index contributed by atoms with van der Waals surface area (Å²) < 4.78 is 0. The van der Waals surface area contributed by atoms with Gasteiger partial charge in [-0.2, -0.15) is 0 Å². The standard InChI is InChI=1S/C7H12.C6H12.2C2H6.C2H4.CH4/c1-4-6-7(3)5-2;1-2-4-6-5-3-1;3*1-2;/h4,6H,3,5H2,1-2H3;1-6H2;2*1-2H3;1-2H2;1H4/b6-4-;;;;;. The second kappa shape index (κ2) is 42.9. The Balaban J connectivity index is -0.0000000528. The molecule has 0 heteroatoms. The lowest BCUT2D eigenvalue weighted by molar-refractivity contribution is 0.504. The summed E-state index contributed by atoms with van der Waals surface area (Å²) in [6, 6.07) is 0. The molecular formula is C20H44. The summed E-state index contributed by atoms with van der Waals surface area (Å²) >= 11 is 0. The number of hydrogen-bond acceptors (Lipinski definition) is 0. The monoisotopic (exact) mass is 284 g/mol. The molecule has 0 nitrogen and oxygen atoms in total. The SMILES string of the molecule is C.C1CCCCC1.C=C.C=C(/C=C\C)CC.CC.CC. The first kappa shape index (κ1) is 31.6. The third-order valence-corrected chi connectivity index (χ3v) is 2.36. The lowest BCUT2D eigenvalue weighted by Crippen LogP contribution is -1.85. The topological polar surface area (TPSA) is 0 Å². The van der Waals surface area contributed by atoms with Gasteiger partial charge in [-0.1, -0.05) is 105 Å². The summed E-state index contributed by atoms with van der Waals surface area (Å²) in [4.78, 5) is 0. The lowest BCUT2D eigenvalue weighted by Gasteiger charge is -2.05. The molecule has 0 aromatic heterocycles.